The van der Waals surface area contributed by atoms with Crippen molar-refractivity contribution < 1.29 is 18.7 Å². The second-order valence-corrected chi connectivity index (χ2v) is 5.82. The van der Waals surface area contributed by atoms with Crippen molar-refractivity contribution in [3.05, 3.63) is 70.7 Å². The lowest BCUT2D eigenvalue weighted by atomic mass is 10.1. The standard InChI is InChI=1S/C19H14FNO3/c1-11-8-13-9-12(6-7-17(13)23-11)10-16-19(22)24-18(21-16)14-4-2-3-5-15(14)20/h2-7,9-11H,8H2,1H3. The second-order valence-electron chi connectivity index (χ2n) is 5.82. The SMILES string of the molecule is CC1Cc2cc(C=C3N=C(c4ccccc4F)OC3=O)ccc2O1. The fourth-order valence-corrected chi connectivity index (χ4v) is 2.85. The average molecular weight is 323 g/mol. The highest BCUT2D eigenvalue weighted by atomic mass is 19.1. The topological polar surface area (TPSA) is 47.9 Å². The van der Waals surface area contributed by atoms with Crippen molar-refractivity contribution in [1.29, 1.82) is 0 Å². The zero-order chi connectivity index (χ0) is 16.7. The molecule has 2 aromatic carbocycles. The van der Waals surface area contributed by atoms with Gasteiger partial charge in [0.05, 0.1) is 5.56 Å². The van der Waals surface area contributed by atoms with Crippen LogP contribution < -0.4 is 4.74 Å². The average Bonchev–Trinajstić information content (AvgIpc) is 3.09. The predicted molar refractivity (Wildman–Crippen MR) is 87.2 cm³/mol. The van der Waals surface area contributed by atoms with Crippen LogP contribution in [0.5, 0.6) is 5.75 Å². The smallest absolute Gasteiger partial charge is 0.363 e. The van der Waals surface area contributed by atoms with E-state index in [1.807, 2.05) is 25.1 Å². The summed E-state index contributed by atoms with van der Waals surface area (Å²) >= 11 is 0. The second kappa shape index (κ2) is 5.60. The van der Waals surface area contributed by atoms with Gasteiger partial charge in [-0.05, 0) is 48.4 Å². The van der Waals surface area contributed by atoms with Gasteiger partial charge >= 0.3 is 5.97 Å². The number of carbonyl (C=O) groups is 1. The lowest BCUT2D eigenvalue weighted by Crippen LogP contribution is -2.07. The van der Waals surface area contributed by atoms with E-state index in [1.165, 1.54) is 12.1 Å². The molecule has 0 amide bonds. The monoisotopic (exact) mass is 323 g/mol. The molecule has 0 saturated heterocycles. The largest absolute Gasteiger partial charge is 0.490 e. The van der Waals surface area contributed by atoms with Gasteiger partial charge in [-0.25, -0.2) is 14.2 Å². The zero-order valence-electron chi connectivity index (χ0n) is 13.0. The zero-order valence-corrected chi connectivity index (χ0v) is 13.0. The van der Waals surface area contributed by atoms with E-state index in [0.29, 0.717) is 0 Å². The van der Waals surface area contributed by atoms with Gasteiger partial charge in [-0.2, -0.15) is 0 Å². The highest BCUT2D eigenvalue weighted by Gasteiger charge is 2.26. The highest BCUT2D eigenvalue weighted by molar-refractivity contribution is 6.12. The van der Waals surface area contributed by atoms with Crippen LogP contribution in [0.3, 0.4) is 0 Å². The van der Waals surface area contributed by atoms with E-state index in [1.54, 1.807) is 18.2 Å². The van der Waals surface area contributed by atoms with Crippen molar-refractivity contribution in [3.63, 3.8) is 0 Å². The minimum atomic E-state index is -0.585. The molecule has 120 valence electrons. The molecule has 4 rings (SSSR count). The Balaban J connectivity index is 1.67. The van der Waals surface area contributed by atoms with Crippen molar-refractivity contribution in [2.75, 3.05) is 0 Å². The maximum Gasteiger partial charge on any atom is 0.363 e. The summed E-state index contributed by atoms with van der Waals surface area (Å²) in [5.41, 5.74) is 2.25. The Morgan fingerprint density at radius 3 is 2.92 bits per heavy atom. The van der Waals surface area contributed by atoms with Crippen LogP contribution in [0.15, 0.2) is 53.2 Å². The van der Waals surface area contributed by atoms with Gasteiger partial charge in [-0.1, -0.05) is 18.2 Å². The first-order chi connectivity index (χ1) is 11.6. The summed E-state index contributed by atoms with van der Waals surface area (Å²) in [4.78, 5) is 16.1. The predicted octanol–water partition coefficient (Wildman–Crippen LogP) is 3.49. The number of halogens is 1. The van der Waals surface area contributed by atoms with E-state index in [0.717, 1.165) is 23.3 Å². The summed E-state index contributed by atoms with van der Waals surface area (Å²) in [5.74, 6) is -0.205. The number of hydrogen-bond donors (Lipinski definition) is 0. The highest BCUT2D eigenvalue weighted by Crippen LogP contribution is 2.30. The third-order valence-electron chi connectivity index (χ3n) is 3.95. The first kappa shape index (κ1) is 14.6. The van der Waals surface area contributed by atoms with Crippen LogP contribution >= 0.6 is 0 Å². The van der Waals surface area contributed by atoms with Crippen LogP contribution in [-0.4, -0.2) is 18.0 Å². The van der Waals surface area contributed by atoms with Crippen LogP contribution in [0, 0.1) is 5.82 Å². The number of ether oxygens (including phenoxy) is 2. The number of carbonyl (C=O) groups excluding carboxylic acids is 1. The van der Waals surface area contributed by atoms with Gasteiger partial charge in [0.25, 0.3) is 0 Å². The van der Waals surface area contributed by atoms with Crippen LogP contribution in [0.2, 0.25) is 0 Å². The number of cyclic esters (lactones) is 1. The van der Waals surface area contributed by atoms with Gasteiger partial charge in [-0.15, -0.1) is 0 Å². The molecule has 2 aliphatic rings. The maximum atomic E-state index is 13.8. The third-order valence-corrected chi connectivity index (χ3v) is 3.95. The Kier molecular flexibility index (Phi) is 3.41. The molecule has 2 aromatic rings. The third kappa shape index (κ3) is 2.58. The van der Waals surface area contributed by atoms with Crippen LogP contribution in [0.4, 0.5) is 4.39 Å². The molecule has 1 atom stereocenters. The van der Waals surface area contributed by atoms with Crippen LogP contribution in [0.25, 0.3) is 6.08 Å². The van der Waals surface area contributed by atoms with E-state index in [9.17, 15) is 9.18 Å². The van der Waals surface area contributed by atoms with Crippen molar-refractivity contribution in [1.82, 2.24) is 0 Å². The molecule has 2 aliphatic heterocycles. The molecular weight excluding hydrogens is 309 g/mol. The van der Waals surface area contributed by atoms with Gasteiger partial charge in [-0.3, -0.25) is 0 Å². The Labute approximate surface area is 138 Å². The van der Waals surface area contributed by atoms with E-state index in [2.05, 4.69) is 4.99 Å². The maximum absolute atomic E-state index is 13.8. The van der Waals surface area contributed by atoms with Crippen molar-refractivity contribution in [3.8, 4) is 5.75 Å². The molecule has 0 aromatic heterocycles. The fraction of sp³-hybridized carbons (Fsp3) is 0.158. The Hall–Kier alpha value is -2.95. The molecule has 4 nitrogen and oxygen atoms in total. The van der Waals surface area contributed by atoms with E-state index < -0.39 is 11.8 Å². The van der Waals surface area contributed by atoms with Gasteiger partial charge in [0, 0.05) is 6.42 Å². The molecule has 24 heavy (non-hydrogen) atoms. The van der Waals surface area contributed by atoms with Crippen LogP contribution in [-0.2, 0) is 16.0 Å². The minimum Gasteiger partial charge on any atom is -0.490 e. The lowest BCUT2D eigenvalue weighted by molar-refractivity contribution is -0.129. The summed E-state index contributed by atoms with van der Waals surface area (Å²) in [7, 11) is 0. The number of esters is 1. The lowest BCUT2D eigenvalue weighted by Gasteiger charge is -2.02. The van der Waals surface area contributed by atoms with Gasteiger partial charge in [0.2, 0.25) is 5.90 Å². The molecule has 0 bridgehead atoms. The van der Waals surface area contributed by atoms with Gasteiger partial charge in [0.15, 0.2) is 5.70 Å². The first-order valence-corrected chi connectivity index (χ1v) is 7.67. The van der Waals surface area contributed by atoms with Gasteiger partial charge in [0.1, 0.15) is 17.7 Å². The summed E-state index contributed by atoms with van der Waals surface area (Å²) in [6, 6.07) is 11.8. The number of hydrogen-bond acceptors (Lipinski definition) is 4. The molecule has 0 fully saturated rings. The summed E-state index contributed by atoms with van der Waals surface area (Å²) in [5, 5.41) is 0. The Bertz CT molecular complexity index is 901. The molecule has 2 heterocycles. The number of benzene rings is 2. The van der Waals surface area contributed by atoms with E-state index >= 15 is 0 Å². The molecule has 0 saturated carbocycles. The quantitative estimate of drug-likeness (QED) is 0.628. The fourth-order valence-electron chi connectivity index (χ4n) is 2.85. The van der Waals surface area contributed by atoms with Crippen molar-refractivity contribution >= 4 is 17.9 Å². The summed E-state index contributed by atoms with van der Waals surface area (Å²) in [6.07, 6.45) is 2.63. The molecule has 0 aliphatic carbocycles. The minimum absolute atomic E-state index is 0.0116. The number of fused-ring (bicyclic) bond motifs is 1. The number of rotatable bonds is 2. The first-order valence-electron chi connectivity index (χ1n) is 7.67. The number of nitrogens with zero attached hydrogens (tertiary/aromatic N) is 1. The molecule has 1 unspecified atom stereocenters. The molecule has 0 spiro atoms. The Morgan fingerprint density at radius 2 is 2.08 bits per heavy atom. The molecule has 0 radical (unpaired) electrons. The molecule has 0 N–H and O–H groups in total. The van der Waals surface area contributed by atoms with E-state index in [4.69, 9.17) is 9.47 Å². The number of aliphatic imine (C=N–C) groups is 1. The summed E-state index contributed by atoms with van der Waals surface area (Å²) in [6.45, 7) is 2.01. The van der Waals surface area contributed by atoms with Crippen molar-refractivity contribution in [2.24, 2.45) is 4.99 Å². The van der Waals surface area contributed by atoms with E-state index in [-0.39, 0.29) is 23.3 Å². The normalized spacial score (nSPS) is 20.6. The molecule has 5 heteroatoms. The molecular formula is C19H14FNO3. The Morgan fingerprint density at radius 1 is 1.25 bits per heavy atom. The summed E-state index contributed by atoms with van der Waals surface area (Å²) < 4.78 is 24.6. The van der Waals surface area contributed by atoms with Crippen molar-refractivity contribution in [2.45, 2.75) is 19.4 Å². The van der Waals surface area contributed by atoms with Crippen LogP contribution in [0.1, 0.15) is 23.6 Å². The van der Waals surface area contributed by atoms with Gasteiger partial charge < -0.3 is 9.47 Å².